The van der Waals surface area contributed by atoms with Gasteiger partial charge in [-0.15, -0.1) is 0 Å². The van der Waals surface area contributed by atoms with E-state index >= 15 is 0 Å². The molecule has 0 saturated carbocycles. The molecular formula is C16H24N4. The van der Waals surface area contributed by atoms with E-state index in [-0.39, 0.29) is 0 Å². The van der Waals surface area contributed by atoms with Gasteiger partial charge in [-0.1, -0.05) is 12.1 Å². The van der Waals surface area contributed by atoms with Gasteiger partial charge in [0, 0.05) is 50.7 Å². The molecule has 2 rings (SSSR count). The van der Waals surface area contributed by atoms with Crippen LogP contribution >= 0.6 is 0 Å². The molecule has 1 aromatic carbocycles. The maximum absolute atomic E-state index is 4.31. The van der Waals surface area contributed by atoms with Gasteiger partial charge in [0.2, 0.25) is 0 Å². The highest BCUT2D eigenvalue weighted by Crippen LogP contribution is 2.15. The van der Waals surface area contributed by atoms with Crippen LogP contribution in [-0.2, 0) is 13.1 Å². The lowest BCUT2D eigenvalue weighted by molar-refractivity contribution is 0.573. The van der Waals surface area contributed by atoms with Crippen molar-refractivity contribution in [2.45, 2.75) is 33.0 Å². The van der Waals surface area contributed by atoms with Crippen molar-refractivity contribution in [3.63, 3.8) is 0 Å². The Balaban J connectivity index is 1.91. The quantitative estimate of drug-likeness (QED) is 0.878. The summed E-state index contributed by atoms with van der Waals surface area (Å²) in [6.07, 6.45) is 4.04. The molecule has 4 heteroatoms. The first-order chi connectivity index (χ1) is 9.60. The van der Waals surface area contributed by atoms with E-state index in [1.165, 1.54) is 16.8 Å². The number of nitrogens with one attached hydrogen (secondary N) is 1. The highest BCUT2D eigenvalue weighted by Gasteiger charge is 2.07. The predicted molar refractivity (Wildman–Crippen MR) is 83.9 cm³/mol. The Kier molecular flexibility index (Phi) is 4.79. The van der Waals surface area contributed by atoms with Crippen LogP contribution in [0.4, 0.5) is 5.69 Å². The fourth-order valence-electron chi connectivity index (χ4n) is 2.08. The van der Waals surface area contributed by atoms with Crippen molar-refractivity contribution in [3.05, 3.63) is 47.8 Å². The Morgan fingerprint density at radius 2 is 1.95 bits per heavy atom. The smallest absolute Gasteiger partial charge is 0.0537 e. The van der Waals surface area contributed by atoms with Gasteiger partial charge in [0.15, 0.2) is 0 Å². The minimum atomic E-state index is 0.309. The molecule has 1 N–H and O–H groups in total. The first-order valence-electron chi connectivity index (χ1n) is 7.12. The number of rotatable bonds is 6. The summed E-state index contributed by atoms with van der Waals surface area (Å²) < 4.78 is 1.96. The van der Waals surface area contributed by atoms with Crippen LogP contribution in [-0.4, -0.2) is 23.9 Å². The van der Waals surface area contributed by atoms with Gasteiger partial charge in [0.25, 0.3) is 0 Å². The molecule has 2 aromatic rings. The molecule has 0 saturated heterocycles. The number of aryl methyl sites for hydroxylation is 1. The largest absolute Gasteiger partial charge is 0.378 e. The Morgan fingerprint density at radius 3 is 2.50 bits per heavy atom. The second-order valence-electron chi connectivity index (χ2n) is 5.29. The third-order valence-electron chi connectivity index (χ3n) is 3.54. The lowest BCUT2D eigenvalue weighted by atomic mass is 10.1. The van der Waals surface area contributed by atoms with E-state index < -0.39 is 0 Å². The molecule has 0 aliphatic carbocycles. The monoisotopic (exact) mass is 272 g/mol. The number of anilines is 1. The van der Waals surface area contributed by atoms with Crippen LogP contribution in [0.3, 0.4) is 0 Å². The Hall–Kier alpha value is -1.81. The number of hydrogen-bond acceptors (Lipinski definition) is 3. The zero-order chi connectivity index (χ0) is 14.5. The molecule has 0 spiro atoms. The second kappa shape index (κ2) is 6.57. The van der Waals surface area contributed by atoms with Crippen molar-refractivity contribution in [2.24, 2.45) is 0 Å². The average molecular weight is 272 g/mol. The third-order valence-corrected chi connectivity index (χ3v) is 3.54. The van der Waals surface area contributed by atoms with Crippen molar-refractivity contribution in [2.75, 3.05) is 19.0 Å². The molecule has 1 atom stereocenters. The first kappa shape index (κ1) is 14.6. The van der Waals surface area contributed by atoms with Gasteiger partial charge in [0.05, 0.1) is 6.20 Å². The standard InChI is InChI=1S/C16H24N4/c1-5-20-12-15(11-18-20)13(2)17-10-14-6-8-16(9-7-14)19(3)4/h6-9,11-13,17H,5,10H2,1-4H3. The van der Waals surface area contributed by atoms with Crippen molar-refractivity contribution in [1.29, 1.82) is 0 Å². The lowest BCUT2D eigenvalue weighted by Gasteiger charge is -2.14. The van der Waals surface area contributed by atoms with E-state index in [0.717, 1.165) is 13.1 Å². The lowest BCUT2D eigenvalue weighted by Crippen LogP contribution is -2.17. The van der Waals surface area contributed by atoms with Crippen LogP contribution in [0.25, 0.3) is 0 Å². The molecule has 1 heterocycles. The van der Waals surface area contributed by atoms with E-state index in [2.05, 4.69) is 73.7 Å². The molecule has 20 heavy (non-hydrogen) atoms. The maximum atomic E-state index is 4.31. The summed E-state index contributed by atoms with van der Waals surface area (Å²) in [5.41, 5.74) is 3.76. The fourth-order valence-corrected chi connectivity index (χ4v) is 2.08. The summed E-state index contributed by atoms with van der Waals surface area (Å²) in [6.45, 7) is 6.05. The minimum absolute atomic E-state index is 0.309. The summed E-state index contributed by atoms with van der Waals surface area (Å²) in [5.74, 6) is 0. The van der Waals surface area contributed by atoms with Crippen LogP contribution in [0.15, 0.2) is 36.7 Å². The minimum Gasteiger partial charge on any atom is -0.378 e. The summed E-state index contributed by atoms with van der Waals surface area (Å²) >= 11 is 0. The normalized spacial score (nSPS) is 12.4. The van der Waals surface area contributed by atoms with Gasteiger partial charge in [0.1, 0.15) is 0 Å². The molecule has 0 radical (unpaired) electrons. The van der Waals surface area contributed by atoms with Gasteiger partial charge in [-0.3, -0.25) is 4.68 Å². The van der Waals surface area contributed by atoms with Crippen molar-refractivity contribution >= 4 is 5.69 Å². The molecule has 1 aromatic heterocycles. The first-order valence-corrected chi connectivity index (χ1v) is 7.12. The van der Waals surface area contributed by atoms with E-state index in [4.69, 9.17) is 0 Å². The average Bonchev–Trinajstić information content (AvgIpc) is 2.94. The van der Waals surface area contributed by atoms with Crippen LogP contribution in [0.1, 0.15) is 31.0 Å². The summed E-state index contributed by atoms with van der Waals surface area (Å²) in [5, 5.41) is 7.85. The van der Waals surface area contributed by atoms with Crippen LogP contribution in [0.5, 0.6) is 0 Å². The van der Waals surface area contributed by atoms with E-state index in [1.54, 1.807) is 0 Å². The highest BCUT2D eigenvalue weighted by atomic mass is 15.3. The molecule has 108 valence electrons. The van der Waals surface area contributed by atoms with Crippen molar-refractivity contribution in [1.82, 2.24) is 15.1 Å². The highest BCUT2D eigenvalue weighted by molar-refractivity contribution is 5.45. The maximum Gasteiger partial charge on any atom is 0.0537 e. The van der Waals surface area contributed by atoms with Crippen LogP contribution in [0.2, 0.25) is 0 Å². The summed E-state index contributed by atoms with van der Waals surface area (Å²) in [7, 11) is 4.11. The van der Waals surface area contributed by atoms with Crippen molar-refractivity contribution in [3.8, 4) is 0 Å². The van der Waals surface area contributed by atoms with Gasteiger partial charge in [-0.05, 0) is 31.5 Å². The van der Waals surface area contributed by atoms with Crippen molar-refractivity contribution < 1.29 is 0 Å². The molecule has 0 bridgehead atoms. The predicted octanol–water partition coefficient (Wildman–Crippen LogP) is 2.82. The molecule has 0 aliphatic heterocycles. The number of nitrogens with zero attached hydrogens (tertiary/aromatic N) is 3. The van der Waals surface area contributed by atoms with Gasteiger partial charge in [-0.25, -0.2) is 0 Å². The Morgan fingerprint density at radius 1 is 1.25 bits per heavy atom. The zero-order valence-electron chi connectivity index (χ0n) is 12.8. The third kappa shape index (κ3) is 3.61. The Bertz CT molecular complexity index is 528. The number of hydrogen-bond donors (Lipinski definition) is 1. The molecule has 0 fully saturated rings. The second-order valence-corrected chi connectivity index (χ2v) is 5.29. The number of benzene rings is 1. The number of aromatic nitrogens is 2. The molecular weight excluding hydrogens is 248 g/mol. The summed E-state index contributed by atoms with van der Waals surface area (Å²) in [6, 6.07) is 8.95. The molecule has 4 nitrogen and oxygen atoms in total. The summed E-state index contributed by atoms with van der Waals surface area (Å²) in [4.78, 5) is 2.11. The Labute approximate surface area is 121 Å². The van der Waals surface area contributed by atoms with Crippen LogP contribution in [0, 0.1) is 0 Å². The van der Waals surface area contributed by atoms with Gasteiger partial charge >= 0.3 is 0 Å². The van der Waals surface area contributed by atoms with E-state index in [9.17, 15) is 0 Å². The van der Waals surface area contributed by atoms with E-state index in [0.29, 0.717) is 6.04 Å². The zero-order valence-corrected chi connectivity index (χ0v) is 12.8. The van der Waals surface area contributed by atoms with Crippen LogP contribution < -0.4 is 10.2 Å². The van der Waals surface area contributed by atoms with E-state index in [1.807, 2.05) is 10.9 Å². The fraction of sp³-hybridized carbons (Fsp3) is 0.438. The molecule has 1 unspecified atom stereocenters. The topological polar surface area (TPSA) is 33.1 Å². The SMILES string of the molecule is CCn1cc(C(C)NCc2ccc(N(C)C)cc2)cn1. The molecule has 0 aliphatic rings. The van der Waals surface area contributed by atoms with Gasteiger partial charge in [-0.2, -0.15) is 5.10 Å². The van der Waals surface area contributed by atoms with Gasteiger partial charge < -0.3 is 10.2 Å². The molecule has 0 amide bonds.